The standard InChI is InChI=1S/C19H19FN4O2/c1-19(2)7-13-15(14(25)8-19)16(10-5-3-4-6-12(10)20)24-18(23-13)11(9-22-24)17(21)26/h3-6,9,16,23H,7-8H2,1-2H3,(H2,21,26)/t16-/m0/s1. The molecule has 2 aromatic rings. The number of nitrogens with zero attached hydrogens (tertiary/aromatic N) is 2. The van der Waals surface area contributed by atoms with Crippen molar-refractivity contribution in [3.63, 3.8) is 0 Å². The Morgan fingerprint density at radius 1 is 1.35 bits per heavy atom. The van der Waals surface area contributed by atoms with E-state index < -0.39 is 17.8 Å². The molecule has 0 saturated carbocycles. The molecule has 26 heavy (non-hydrogen) atoms. The number of Topliss-reactive ketones (excluding diaryl/α,β-unsaturated/α-hetero) is 1. The first-order valence-electron chi connectivity index (χ1n) is 8.43. The highest BCUT2D eigenvalue weighted by Crippen LogP contribution is 2.46. The van der Waals surface area contributed by atoms with Gasteiger partial charge in [0.2, 0.25) is 0 Å². The maximum absolute atomic E-state index is 14.6. The van der Waals surface area contributed by atoms with Crippen molar-refractivity contribution >= 4 is 17.5 Å². The van der Waals surface area contributed by atoms with E-state index in [2.05, 4.69) is 10.4 Å². The van der Waals surface area contributed by atoms with E-state index in [1.165, 1.54) is 16.9 Å². The van der Waals surface area contributed by atoms with Crippen LogP contribution in [-0.4, -0.2) is 21.5 Å². The molecule has 0 fully saturated rings. The molecule has 1 amide bonds. The van der Waals surface area contributed by atoms with Gasteiger partial charge in [-0.15, -0.1) is 0 Å². The Morgan fingerprint density at radius 2 is 2.08 bits per heavy atom. The molecule has 0 saturated heterocycles. The third kappa shape index (κ3) is 2.42. The number of aromatic nitrogens is 2. The molecular formula is C19H19FN4O2. The minimum absolute atomic E-state index is 0.0428. The van der Waals surface area contributed by atoms with E-state index in [-0.39, 0.29) is 16.8 Å². The highest BCUT2D eigenvalue weighted by molar-refractivity contribution is 6.02. The van der Waals surface area contributed by atoms with Gasteiger partial charge < -0.3 is 11.1 Å². The van der Waals surface area contributed by atoms with Crippen LogP contribution in [0.5, 0.6) is 0 Å². The van der Waals surface area contributed by atoms with Crippen molar-refractivity contribution in [2.75, 3.05) is 5.32 Å². The molecule has 134 valence electrons. The lowest BCUT2D eigenvalue weighted by Gasteiger charge is -2.39. The van der Waals surface area contributed by atoms with Crippen LogP contribution in [-0.2, 0) is 4.79 Å². The van der Waals surface area contributed by atoms with Crippen LogP contribution in [0.25, 0.3) is 0 Å². The minimum Gasteiger partial charge on any atom is -0.365 e. The fourth-order valence-corrected chi connectivity index (χ4v) is 3.88. The number of halogens is 1. The topological polar surface area (TPSA) is 90.0 Å². The number of ketones is 1. The van der Waals surface area contributed by atoms with Gasteiger partial charge in [-0.05, 0) is 17.9 Å². The number of nitrogens with two attached hydrogens (primary N) is 1. The molecule has 2 aliphatic rings. The summed E-state index contributed by atoms with van der Waals surface area (Å²) in [6, 6.07) is 5.58. The third-order valence-corrected chi connectivity index (χ3v) is 4.97. The molecule has 3 N–H and O–H groups in total. The average Bonchev–Trinajstić information content (AvgIpc) is 2.96. The maximum atomic E-state index is 14.6. The van der Waals surface area contributed by atoms with Gasteiger partial charge in [0.15, 0.2) is 5.78 Å². The summed E-state index contributed by atoms with van der Waals surface area (Å²) in [6.07, 6.45) is 2.34. The van der Waals surface area contributed by atoms with E-state index in [4.69, 9.17) is 5.73 Å². The Labute approximate surface area is 149 Å². The van der Waals surface area contributed by atoms with Gasteiger partial charge in [0.05, 0.1) is 6.20 Å². The molecule has 6 nitrogen and oxygen atoms in total. The predicted octanol–water partition coefficient (Wildman–Crippen LogP) is 2.78. The summed E-state index contributed by atoms with van der Waals surface area (Å²) in [5, 5.41) is 7.41. The molecule has 1 aliphatic heterocycles. The molecule has 7 heteroatoms. The van der Waals surface area contributed by atoms with Gasteiger partial charge in [0.1, 0.15) is 23.2 Å². The minimum atomic E-state index is -0.723. The number of carbonyl (C=O) groups is 2. The Balaban J connectivity index is 1.97. The Morgan fingerprint density at radius 3 is 2.77 bits per heavy atom. The molecule has 1 aromatic heterocycles. The van der Waals surface area contributed by atoms with Crippen molar-refractivity contribution in [1.82, 2.24) is 9.78 Å². The Kier molecular flexibility index (Phi) is 3.50. The van der Waals surface area contributed by atoms with Crippen molar-refractivity contribution in [2.45, 2.75) is 32.7 Å². The van der Waals surface area contributed by atoms with Gasteiger partial charge >= 0.3 is 0 Å². The van der Waals surface area contributed by atoms with Gasteiger partial charge in [-0.25, -0.2) is 9.07 Å². The second kappa shape index (κ2) is 5.52. The molecule has 0 bridgehead atoms. The number of amides is 1. The van der Waals surface area contributed by atoms with Crippen molar-refractivity contribution in [2.24, 2.45) is 11.1 Å². The Hall–Kier alpha value is -2.96. The number of allylic oxidation sites excluding steroid dienone is 2. The van der Waals surface area contributed by atoms with Crippen LogP contribution in [0, 0.1) is 11.2 Å². The van der Waals surface area contributed by atoms with E-state index >= 15 is 0 Å². The number of hydrogen-bond acceptors (Lipinski definition) is 4. The lowest BCUT2D eigenvalue weighted by atomic mass is 9.73. The quantitative estimate of drug-likeness (QED) is 0.868. The van der Waals surface area contributed by atoms with Crippen LogP contribution in [0.2, 0.25) is 0 Å². The molecular weight excluding hydrogens is 335 g/mol. The first-order valence-corrected chi connectivity index (χ1v) is 8.43. The van der Waals surface area contributed by atoms with Crippen LogP contribution in [0.1, 0.15) is 48.7 Å². The van der Waals surface area contributed by atoms with E-state index in [1.54, 1.807) is 18.2 Å². The summed E-state index contributed by atoms with van der Waals surface area (Å²) in [5.74, 6) is -0.698. The number of benzene rings is 1. The molecule has 0 spiro atoms. The summed E-state index contributed by atoms with van der Waals surface area (Å²) in [6.45, 7) is 4.02. The average molecular weight is 354 g/mol. The second-order valence-corrected chi connectivity index (χ2v) is 7.60. The lowest BCUT2D eigenvalue weighted by molar-refractivity contribution is -0.118. The number of nitrogens with one attached hydrogen (secondary N) is 1. The highest BCUT2D eigenvalue weighted by atomic mass is 19.1. The number of hydrogen-bond donors (Lipinski definition) is 2. The van der Waals surface area contributed by atoms with Gasteiger partial charge in [-0.2, -0.15) is 5.10 Å². The monoisotopic (exact) mass is 354 g/mol. The number of anilines is 1. The van der Waals surface area contributed by atoms with Gasteiger partial charge in [-0.1, -0.05) is 32.0 Å². The van der Waals surface area contributed by atoms with Crippen LogP contribution in [0.15, 0.2) is 41.7 Å². The summed E-state index contributed by atoms with van der Waals surface area (Å²) in [7, 11) is 0. The van der Waals surface area contributed by atoms with Gasteiger partial charge in [0, 0.05) is 23.3 Å². The van der Waals surface area contributed by atoms with Crippen LogP contribution in [0.4, 0.5) is 10.2 Å². The summed E-state index contributed by atoms with van der Waals surface area (Å²) in [5.41, 5.74) is 6.99. The number of primary amides is 1. The van der Waals surface area contributed by atoms with E-state index in [0.717, 1.165) is 0 Å². The largest absolute Gasteiger partial charge is 0.365 e. The normalized spacial score (nSPS) is 21.0. The van der Waals surface area contributed by atoms with Gasteiger partial charge in [0.25, 0.3) is 5.91 Å². The number of fused-ring (bicyclic) bond motifs is 1. The first-order chi connectivity index (χ1) is 12.3. The van der Waals surface area contributed by atoms with Crippen LogP contribution >= 0.6 is 0 Å². The van der Waals surface area contributed by atoms with Crippen molar-refractivity contribution in [3.05, 3.63) is 58.7 Å². The SMILES string of the molecule is CC1(C)CC(=O)C2=C(C1)Nc1c(C(N)=O)cnn1[C@H]2c1ccccc1F. The number of carbonyl (C=O) groups excluding carboxylic acids is 2. The van der Waals surface area contributed by atoms with Crippen molar-refractivity contribution < 1.29 is 14.0 Å². The fraction of sp³-hybridized carbons (Fsp3) is 0.316. The zero-order valence-electron chi connectivity index (χ0n) is 14.5. The van der Waals surface area contributed by atoms with Crippen molar-refractivity contribution in [1.29, 1.82) is 0 Å². The molecule has 4 rings (SSSR count). The third-order valence-electron chi connectivity index (χ3n) is 4.97. The van der Waals surface area contributed by atoms with Crippen LogP contribution < -0.4 is 11.1 Å². The number of rotatable bonds is 2. The fourth-order valence-electron chi connectivity index (χ4n) is 3.88. The molecule has 2 heterocycles. The molecule has 1 aromatic carbocycles. The summed E-state index contributed by atoms with van der Waals surface area (Å²) in [4.78, 5) is 24.7. The zero-order chi connectivity index (χ0) is 18.6. The Bertz CT molecular complexity index is 974. The smallest absolute Gasteiger partial charge is 0.254 e. The van der Waals surface area contributed by atoms with E-state index in [0.29, 0.717) is 35.5 Å². The molecule has 0 unspecified atom stereocenters. The maximum Gasteiger partial charge on any atom is 0.254 e. The van der Waals surface area contributed by atoms with Crippen LogP contribution in [0.3, 0.4) is 0 Å². The van der Waals surface area contributed by atoms with E-state index in [9.17, 15) is 14.0 Å². The van der Waals surface area contributed by atoms with E-state index in [1.807, 2.05) is 13.8 Å². The first kappa shape index (κ1) is 16.5. The lowest BCUT2D eigenvalue weighted by Crippen LogP contribution is -2.37. The molecule has 0 radical (unpaired) electrons. The summed E-state index contributed by atoms with van der Waals surface area (Å²) < 4.78 is 16.1. The highest BCUT2D eigenvalue weighted by Gasteiger charge is 2.42. The predicted molar refractivity (Wildman–Crippen MR) is 94.0 cm³/mol. The van der Waals surface area contributed by atoms with Crippen molar-refractivity contribution in [3.8, 4) is 0 Å². The second-order valence-electron chi connectivity index (χ2n) is 7.60. The molecule has 1 atom stereocenters. The van der Waals surface area contributed by atoms with Gasteiger partial charge in [-0.3, -0.25) is 9.59 Å². The zero-order valence-corrected chi connectivity index (χ0v) is 14.5. The summed E-state index contributed by atoms with van der Waals surface area (Å²) >= 11 is 0. The molecule has 1 aliphatic carbocycles.